The fraction of sp³-hybridized carbons (Fsp3) is 0.500. The van der Waals surface area contributed by atoms with E-state index < -0.39 is 0 Å². The lowest BCUT2D eigenvalue weighted by atomic mass is 9.87. The van der Waals surface area contributed by atoms with Crippen molar-refractivity contribution >= 4 is 11.8 Å². The number of Topliss-reactive ketones (excluding diaryl/α,β-unsaturated/α-hetero) is 1. The molecule has 0 spiro atoms. The Balaban J connectivity index is 2.30. The van der Waals surface area contributed by atoms with Gasteiger partial charge in [0, 0.05) is 12.0 Å². The Morgan fingerprint density at radius 1 is 1.43 bits per heavy atom. The number of hydrogen-bond donors (Lipinski definition) is 1. The highest BCUT2D eigenvalue weighted by Gasteiger charge is 2.35. The minimum absolute atomic E-state index is 0.0131. The van der Waals surface area contributed by atoms with Gasteiger partial charge in [-0.05, 0) is 25.0 Å². The van der Waals surface area contributed by atoms with Crippen LogP contribution in [0.5, 0.6) is 11.5 Å². The summed E-state index contributed by atoms with van der Waals surface area (Å²) in [4.78, 5) is 23.7. The van der Waals surface area contributed by atoms with E-state index in [2.05, 4.69) is 4.74 Å². The van der Waals surface area contributed by atoms with Gasteiger partial charge in [-0.3, -0.25) is 9.59 Å². The number of benzene rings is 1. The molecular formula is C16H20O5. The molecule has 1 aromatic carbocycles. The van der Waals surface area contributed by atoms with Gasteiger partial charge in [-0.1, -0.05) is 13.8 Å². The highest BCUT2D eigenvalue weighted by Crippen LogP contribution is 2.39. The summed E-state index contributed by atoms with van der Waals surface area (Å²) in [7, 11) is 1.33. The van der Waals surface area contributed by atoms with Crippen molar-refractivity contribution in [3.63, 3.8) is 0 Å². The molecule has 2 rings (SSSR count). The first-order valence-electron chi connectivity index (χ1n) is 7.12. The molecular weight excluding hydrogens is 272 g/mol. The first-order valence-corrected chi connectivity index (χ1v) is 7.12. The topological polar surface area (TPSA) is 72.8 Å². The van der Waals surface area contributed by atoms with Crippen LogP contribution in [0.4, 0.5) is 0 Å². The summed E-state index contributed by atoms with van der Waals surface area (Å²) in [5.41, 5.74) is 1.14. The molecule has 21 heavy (non-hydrogen) atoms. The van der Waals surface area contributed by atoms with Crippen LogP contribution in [0.2, 0.25) is 0 Å². The molecule has 5 nitrogen and oxygen atoms in total. The molecule has 0 radical (unpaired) electrons. The number of hydrogen-bond acceptors (Lipinski definition) is 5. The zero-order valence-electron chi connectivity index (χ0n) is 12.5. The lowest BCUT2D eigenvalue weighted by molar-refractivity contribution is -0.141. The lowest BCUT2D eigenvalue weighted by Crippen LogP contribution is -2.36. The highest BCUT2D eigenvalue weighted by atomic mass is 16.5. The molecule has 114 valence electrons. The number of carbonyl (C=O) groups excluding carboxylic acids is 2. The van der Waals surface area contributed by atoms with Gasteiger partial charge in [-0.15, -0.1) is 0 Å². The van der Waals surface area contributed by atoms with Gasteiger partial charge >= 0.3 is 5.97 Å². The second-order valence-electron chi connectivity index (χ2n) is 5.22. The Hall–Kier alpha value is -2.04. The third-order valence-electron chi connectivity index (χ3n) is 3.96. The minimum Gasteiger partial charge on any atom is -0.508 e. The van der Waals surface area contributed by atoms with Crippen LogP contribution in [0.3, 0.4) is 0 Å². The molecule has 0 amide bonds. The van der Waals surface area contributed by atoms with Gasteiger partial charge in [0.15, 0.2) is 5.78 Å². The van der Waals surface area contributed by atoms with Crippen molar-refractivity contribution in [2.24, 2.45) is 5.92 Å². The largest absolute Gasteiger partial charge is 0.508 e. The third kappa shape index (κ3) is 2.86. The van der Waals surface area contributed by atoms with Gasteiger partial charge in [0.05, 0.1) is 18.6 Å². The lowest BCUT2D eigenvalue weighted by Gasteiger charge is -2.31. The van der Waals surface area contributed by atoms with Crippen molar-refractivity contribution in [3.05, 3.63) is 23.3 Å². The number of carbonyl (C=O) groups is 2. The van der Waals surface area contributed by atoms with Crippen LogP contribution in [0.25, 0.3) is 0 Å². The highest BCUT2D eigenvalue weighted by molar-refractivity contribution is 6.02. The molecule has 1 aliphatic rings. The molecule has 1 N–H and O–H groups in total. The van der Waals surface area contributed by atoms with Gasteiger partial charge in [-0.2, -0.15) is 0 Å². The van der Waals surface area contributed by atoms with Gasteiger partial charge in [0.25, 0.3) is 0 Å². The summed E-state index contributed by atoms with van der Waals surface area (Å²) in [5, 5.41) is 9.90. The summed E-state index contributed by atoms with van der Waals surface area (Å²) in [6.45, 7) is 3.69. The van der Waals surface area contributed by atoms with Crippen LogP contribution in [0.15, 0.2) is 12.1 Å². The van der Waals surface area contributed by atoms with E-state index in [-0.39, 0.29) is 35.9 Å². The van der Waals surface area contributed by atoms with Gasteiger partial charge in [0.2, 0.25) is 0 Å². The van der Waals surface area contributed by atoms with Crippen LogP contribution >= 0.6 is 0 Å². The van der Waals surface area contributed by atoms with Crippen molar-refractivity contribution in [3.8, 4) is 11.5 Å². The number of phenols is 1. The van der Waals surface area contributed by atoms with Crippen LogP contribution in [-0.4, -0.2) is 30.1 Å². The van der Waals surface area contributed by atoms with Crippen LogP contribution in [0.1, 0.15) is 42.6 Å². The SMILES string of the molecule is CCc1c(O)ccc2c1O[C@H](CCC(=O)OC)[C@@H](C)C2=O. The number of methoxy groups -OCH3 is 1. The van der Waals surface area contributed by atoms with Crippen LogP contribution < -0.4 is 4.74 Å². The number of aromatic hydroxyl groups is 1. The average Bonchev–Trinajstić information content (AvgIpc) is 2.48. The van der Waals surface area contributed by atoms with E-state index in [1.807, 2.05) is 6.92 Å². The summed E-state index contributed by atoms with van der Waals surface area (Å²) in [6, 6.07) is 3.12. The van der Waals surface area contributed by atoms with Crippen molar-refractivity contribution in [1.82, 2.24) is 0 Å². The maximum atomic E-state index is 12.4. The van der Waals surface area contributed by atoms with Crippen LogP contribution in [0, 0.1) is 5.92 Å². The first-order chi connectivity index (χ1) is 9.99. The Bertz CT molecular complexity index is 564. The van der Waals surface area contributed by atoms with E-state index in [0.29, 0.717) is 29.7 Å². The first kappa shape index (κ1) is 15.4. The van der Waals surface area contributed by atoms with Crippen molar-refractivity contribution in [2.75, 3.05) is 7.11 Å². The molecule has 1 heterocycles. The zero-order valence-corrected chi connectivity index (χ0v) is 12.5. The zero-order chi connectivity index (χ0) is 15.6. The van der Waals surface area contributed by atoms with Crippen molar-refractivity contribution in [1.29, 1.82) is 0 Å². The molecule has 0 unspecified atom stereocenters. The average molecular weight is 292 g/mol. The van der Waals surface area contributed by atoms with Crippen molar-refractivity contribution in [2.45, 2.75) is 39.2 Å². The normalized spacial score (nSPS) is 20.6. The van der Waals surface area contributed by atoms with Crippen molar-refractivity contribution < 1.29 is 24.2 Å². The Labute approximate surface area is 123 Å². The van der Waals surface area contributed by atoms with E-state index in [1.165, 1.54) is 13.2 Å². The molecule has 0 aromatic heterocycles. The Morgan fingerprint density at radius 3 is 2.76 bits per heavy atom. The van der Waals surface area contributed by atoms with E-state index in [4.69, 9.17) is 4.74 Å². The summed E-state index contributed by atoms with van der Waals surface area (Å²) in [5.74, 6) is -0.0753. The predicted octanol–water partition coefficient (Wildman–Crippen LogP) is 2.49. The second kappa shape index (κ2) is 6.16. The van der Waals surface area contributed by atoms with E-state index in [0.717, 1.165) is 0 Å². The number of fused-ring (bicyclic) bond motifs is 1. The molecule has 0 fully saturated rings. The summed E-state index contributed by atoms with van der Waals surface area (Å²) >= 11 is 0. The van der Waals surface area contributed by atoms with E-state index >= 15 is 0 Å². The minimum atomic E-state index is -0.379. The number of esters is 1. The smallest absolute Gasteiger partial charge is 0.305 e. The van der Waals surface area contributed by atoms with E-state index in [1.54, 1.807) is 13.0 Å². The molecule has 5 heteroatoms. The fourth-order valence-corrected chi connectivity index (χ4v) is 2.63. The third-order valence-corrected chi connectivity index (χ3v) is 3.96. The second-order valence-corrected chi connectivity index (χ2v) is 5.22. The molecule has 1 aliphatic heterocycles. The van der Waals surface area contributed by atoms with Gasteiger partial charge in [-0.25, -0.2) is 0 Å². The summed E-state index contributed by atoms with van der Waals surface area (Å²) in [6.07, 6.45) is 0.809. The maximum absolute atomic E-state index is 12.4. The molecule has 2 atom stereocenters. The van der Waals surface area contributed by atoms with Gasteiger partial charge in [0.1, 0.15) is 17.6 Å². The molecule has 1 aromatic rings. The van der Waals surface area contributed by atoms with Crippen LogP contribution in [-0.2, 0) is 16.0 Å². The molecule has 0 bridgehead atoms. The number of ketones is 1. The number of ether oxygens (including phenoxy) is 2. The standard InChI is InChI=1S/C16H20O5/c1-4-10-12(17)6-5-11-15(19)9(2)13(21-16(10)11)7-8-14(18)20-3/h5-6,9,13,17H,4,7-8H2,1-3H3/t9-,13-/m1/s1. The molecule has 0 aliphatic carbocycles. The Morgan fingerprint density at radius 2 is 2.14 bits per heavy atom. The van der Waals surface area contributed by atoms with Gasteiger partial charge < -0.3 is 14.6 Å². The fourth-order valence-electron chi connectivity index (χ4n) is 2.63. The van der Waals surface area contributed by atoms with E-state index in [9.17, 15) is 14.7 Å². The monoisotopic (exact) mass is 292 g/mol. The molecule has 0 saturated heterocycles. The Kier molecular flexibility index (Phi) is 4.50. The predicted molar refractivity (Wildman–Crippen MR) is 76.6 cm³/mol. The number of rotatable bonds is 4. The summed E-state index contributed by atoms with van der Waals surface area (Å²) < 4.78 is 10.5. The quantitative estimate of drug-likeness (QED) is 0.863. The molecule has 0 saturated carbocycles. The maximum Gasteiger partial charge on any atom is 0.305 e. The number of phenolic OH excluding ortho intramolecular Hbond substituents is 1.